The molecule has 1 aromatic carbocycles. The minimum absolute atomic E-state index is 0.113. The van der Waals surface area contributed by atoms with E-state index in [0.717, 1.165) is 16.8 Å². The first-order chi connectivity index (χ1) is 11.7. The fourth-order valence-corrected chi connectivity index (χ4v) is 3.56. The van der Waals surface area contributed by atoms with E-state index in [0.29, 0.717) is 16.8 Å². The Morgan fingerprint density at radius 1 is 1.12 bits per heavy atom. The number of rotatable bonds is 3. The van der Waals surface area contributed by atoms with Crippen LogP contribution in [0.5, 0.6) is 0 Å². The van der Waals surface area contributed by atoms with Crippen molar-refractivity contribution in [3.63, 3.8) is 0 Å². The van der Waals surface area contributed by atoms with Crippen LogP contribution in [0.1, 0.15) is 5.69 Å². The maximum Gasteiger partial charge on any atom is 0.271 e. The third kappa shape index (κ3) is 2.61. The SMILES string of the molecule is O=c1c2scc(-c3cccc(F)c3)c2ncn1Cc1ccccn1. The van der Waals surface area contributed by atoms with Crippen LogP contribution in [-0.4, -0.2) is 14.5 Å². The van der Waals surface area contributed by atoms with E-state index < -0.39 is 0 Å². The lowest BCUT2D eigenvalue weighted by Gasteiger charge is -2.05. The molecule has 0 saturated carbocycles. The van der Waals surface area contributed by atoms with Crippen LogP contribution in [0.25, 0.3) is 21.3 Å². The quantitative estimate of drug-likeness (QED) is 0.573. The summed E-state index contributed by atoms with van der Waals surface area (Å²) in [6.07, 6.45) is 3.22. The van der Waals surface area contributed by atoms with Gasteiger partial charge >= 0.3 is 0 Å². The fraction of sp³-hybridized carbons (Fsp3) is 0.0556. The van der Waals surface area contributed by atoms with Crippen LogP contribution in [-0.2, 0) is 6.54 Å². The Bertz CT molecular complexity index is 1070. The number of aromatic nitrogens is 3. The topological polar surface area (TPSA) is 47.8 Å². The first-order valence-corrected chi connectivity index (χ1v) is 8.23. The Kier molecular flexibility index (Phi) is 3.66. The van der Waals surface area contributed by atoms with E-state index in [4.69, 9.17) is 0 Å². The molecule has 0 aliphatic carbocycles. The Morgan fingerprint density at radius 3 is 2.83 bits per heavy atom. The molecule has 118 valence electrons. The van der Waals surface area contributed by atoms with Gasteiger partial charge in [0, 0.05) is 17.1 Å². The summed E-state index contributed by atoms with van der Waals surface area (Å²) in [4.78, 5) is 21.3. The lowest BCUT2D eigenvalue weighted by atomic mass is 10.1. The Labute approximate surface area is 140 Å². The van der Waals surface area contributed by atoms with Crippen molar-refractivity contribution in [2.45, 2.75) is 6.54 Å². The molecule has 0 N–H and O–H groups in total. The number of halogens is 1. The van der Waals surface area contributed by atoms with Gasteiger partial charge in [-0.1, -0.05) is 18.2 Å². The van der Waals surface area contributed by atoms with Gasteiger partial charge in [0.25, 0.3) is 5.56 Å². The van der Waals surface area contributed by atoms with Gasteiger partial charge < -0.3 is 0 Å². The molecule has 4 nitrogen and oxygen atoms in total. The molecule has 4 aromatic rings. The van der Waals surface area contributed by atoms with Crippen molar-refractivity contribution in [2.24, 2.45) is 0 Å². The van der Waals surface area contributed by atoms with E-state index in [1.54, 1.807) is 12.3 Å². The molecule has 3 heterocycles. The summed E-state index contributed by atoms with van der Waals surface area (Å²) >= 11 is 1.33. The number of fused-ring (bicyclic) bond motifs is 1. The molecular weight excluding hydrogens is 325 g/mol. The van der Waals surface area contributed by atoms with Crippen molar-refractivity contribution in [3.8, 4) is 11.1 Å². The fourth-order valence-electron chi connectivity index (χ4n) is 2.58. The number of nitrogens with zero attached hydrogens (tertiary/aromatic N) is 3. The zero-order chi connectivity index (χ0) is 16.5. The number of pyridine rings is 1. The monoisotopic (exact) mass is 337 g/mol. The smallest absolute Gasteiger partial charge is 0.271 e. The average molecular weight is 337 g/mol. The zero-order valence-corrected chi connectivity index (χ0v) is 13.3. The van der Waals surface area contributed by atoms with E-state index in [2.05, 4.69) is 9.97 Å². The van der Waals surface area contributed by atoms with E-state index in [1.165, 1.54) is 34.4 Å². The van der Waals surface area contributed by atoms with Gasteiger partial charge in [0.15, 0.2) is 0 Å². The molecule has 24 heavy (non-hydrogen) atoms. The summed E-state index contributed by atoms with van der Waals surface area (Å²) in [5.41, 5.74) is 2.78. The van der Waals surface area contributed by atoms with Crippen LogP contribution in [0.3, 0.4) is 0 Å². The van der Waals surface area contributed by atoms with Crippen molar-refractivity contribution >= 4 is 21.6 Å². The summed E-state index contributed by atoms with van der Waals surface area (Å²) in [5.74, 6) is -0.310. The summed E-state index contributed by atoms with van der Waals surface area (Å²) < 4.78 is 15.6. The highest BCUT2D eigenvalue weighted by molar-refractivity contribution is 7.17. The van der Waals surface area contributed by atoms with Crippen LogP contribution >= 0.6 is 11.3 Å². The Morgan fingerprint density at radius 2 is 2.04 bits per heavy atom. The van der Waals surface area contributed by atoms with Gasteiger partial charge in [-0.25, -0.2) is 9.37 Å². The second-order valence-corrected chi connectivity index (χ2v) is 6.22. The van der Waals surface area contributed by atoms with Gasteiger partial charge in [-0.3, -0.25) is 14.3 Å². The van der Waals surface area contributed by atoms with E-state index >= 15 is 0 Å². The first-order valence-electron chi connectivity index (χ1n) is 7.35. The predicted molar refractivity (Wildman–Crippen MR) is 92.6 cm³/mol. The molecule has 0 aliphatic heterocycles. The van der Waals surface area contributed by atoms with Crippen LogP contribution in [0, 0.1) is 5.82 Å². The second-order valence-electron chi connectivity index (χ2n) is 5.34. The second kappa shape index (κ2) is 5.98. The zero-order valence-electron chi connectivity index (χ0n) is 12.5. The molecule has 3 aromatic heterocycles. The number of hydrogen-bond acceptors (Lipinski definition) is 4. The minimum atomic E-state index is -0.310. The van der Waals surface area contributed by atoms with Crippen molar-refractivity contribution < 1.29 is 4.39 Å². The standard InChI is InChI=1S/C18H12FN3OS/c19-13-5-3-4-12(8-13)15-10-24-17-16(15)21-11-22(18(17)23)9-14-6-1-2-7-20-14/h1-8,10-11H,9H2. The maximum absolute atomic E-state index is 13.5. The lowest BCUT2D eigenvalue weighted by molar-refractivity contribution is 0.628. The van der Waals surface area contributed by atoms with Gasteiger partial charge in [-0.15, -0.1) is 11.3 Å². The van der Waals surface area contributed by atoms with Crippen LogP contribution in [0.4, 0.5) is 4.39 Å². The normalized spacial score (nSPS) is 11.0. The van der Waals surface area contributed by atoms with Gasteiger partial charge in [0.05, 0.1) is 24.1 Å². The van der Waals surface area contributed by atoms with Crippen molar-refractivity contribution in [1.29, 1.82) is 0 Å². The summed E-state index contributed by atoms with van der Waals surface area (Å²) in [6, 6.07) is 11.9. The molecule has 6 heteroatoms. The summed E-state index contributed by atoms with van der Waals surface area (Å²) in [7, 11) is 0. The predicted octanol–water partition coefficient (Wildman–Crippen LogP) is 3.71. The van der Waals surface area contributed by atoms with Crippen LogP contribution in [0.15, 0.2) is 65.2 Å². The summed E-state index contributed by atoms with van der Waals surface area (Å²) in [5, 5.41) is 1.85. The van der Waals surface area contributed by atoms with Crippen molar-refractivity contribution in [2.75, 3.05) is 0 Å². The molecule has 0 bridgehead atoms. The lowest BCUT2D eigenvalue weighted by Crippen LogP contribution is -2.20. The third-order valence-electron chi connectivity index (χ3n) is 3.74. The first kappa shape index (κ1) is 14.7. The van der Waals surface area contributed by atoms with Gasteiger partial charge in [0.1, 0.15) is 10.5 Å². The van der Waals surface area contributed by atoms with Gasteiger partial charge in [0.2, 0.25) is 0 Å². The van der Waals surface area contributed by atoms with Crippen molar-refractivity contribution in [3.05, 3.63) is 82.2 Å². The molecule has 0 saturated heterocycles. The van der Waals surface area contributed by atoms with Gasteiger partial charge in [-0.05, 0) is 29.8 Å². The average Bonchev–Trinajstić information content (AvgIpc) is 3.03. The largest absolute Gasteiger partial charge is 0.292 e. The Hall–Kier alpha value is -2.86. The molecule has 0 fully saturated rings. The molecular formula is C18H12FN3OS. The number of thiophene rings is 1. The molecule has 0 aliphatic rings. The molecule has 0 amide bonds. The summed E-state index contributed by atoms with van der Waals surface area (Å²) in [6.45, 7) is 0.371. The highest BCUT2D eigenvalue weighted by atomic mass is 32.1. The molecule has 4 rings (SSSR count). The van der Waals surface area contributed by atoms with E-state index in [1.807, 2.05) is 29.6 Å². The minimum Gasteiger partial charge on any atom is -0.292 e. The van der Waals surface area contributed by atoms with E-state index in [-0.39, 0.29) is 11.4 Å². The highest BCUT2D eigenvalue weighted by Crippen LogP contribution is 2.30. The third-order valence-corrected chi connectivity index (χ3v) is 4.70. The van der Waals surface area contributed by atoms with Crippen molar-refractivity contribution in [1.82, 2.24) is 14.5 Å². The molecule has 0 radical (unpaired) electrons. The maximum atomic E-state index is 13.5. The van der Waals surface area contributed by atoms with E-state index in [9.17, 15) is 9.18 Å². The molecule has 0 spiro atoms. The van der Waals surface area contributed by atoms with Gasteiger partial charge in [-0.2, -0.15) is 0 Å². The van der Waals surface area contributed by atoms with Crippen LogP contribution in [0.2, 0.25) is 0 Å². The number of benzene rings is 1. The Balaban J connectivity index is 1.80. The molecule has 0 unspecified atom stereocenters. The molecule has 0 atom stereocenters. The van der Waals surface area contributed by atoms with Crippen LogP contribution < -0.4 is 5.56 Å². The highest BCUT2D eigenvalue weighted by Gasteiger charge is 2.13. The number of hydrogen-bond donors (Lipinski definition) is 0.